The topological polar surface area (TPSA) is 71.1 Å². The van der Waals surface area contributed by atoms with E-state index in [-0.39, 0.29) is 5.91 Å². The Hall–Kier alpha value is -3.47. The van der Waals surface area contributed by atoms with Crippen LogP contribution in [0.15, 0.2) is 72.9 Å². The summed E-state index contributed by atoms with van der Waals surface area (Å²) in [5.41, 5.74) is 6.84. The molecule has 0 saturated carbocycles. The van der Waals surface area contributed by atoms with E-state index in [9.17, 15) is 9.59 Å². The van der Waals surface area contributed by atoms with Crippen LogP contribution in [-0.4, -0.2) is 16.8 Å². The van der Waals surface area contributed by atoms with Gasteiger partial charge in [0.25, 0.3) is 11.8 Å². The molecule has 0 fully saturated rings. The van der Waals surface area contributed by atoms with Gasteiger partial charge in [0.2, 0.25) is 0 Å². The quantitative estimate of drug-likeness (QED) is 0.576. The average molecular weight is 317 g/mol. The van der Waals surface area contributed by atoms with Crippen LogP contribution in [0.5, 0.6) is 0 Å². The molecule has 5 heteroatoms. The number of para-hydroxylation sites is 1. The first kappa shape index (κ1) is 15.4. The summed E-state index contributed by atoms with van der Waals surface area (Å²) < 4.78 is 0. The zero-order chi connectivity index (χ0) is 16.8. The van der Waals surface area contributed by atoms with Gasteiger partial charge in [-0.25, -0.2) is 0 Å². The number of nitrogens with zero attached hydrogens (tertiary/aromatic N) is 1. The molecular weight excluding hydrogens is 302 g/mol. The first-order valence-electron chi connectivity index (χ1n) is 7.41. The Kier molecular flexibility index (Phi) is 4.62. The maximum atomic E-state index is 11.9. The minimum atomic E-state index is -0.424. The molecule has 1 heterocycles. The maximum absolute atomic E-state index is 11.9. The fourth-order valence-corrected chi connectivity index (χ4v) is 2.25. The number of carbonyl (C=O) groups excluding carboxylic acids is 2. The van der Waals surface area contributed by atoms with Gasteiger partial charge in [0.15, 0.2) is 0 Å². The number of benzene rings is 2. The summed E-state index contributed by atoms with van der Waals surface area (Å²) in [4.78, 5) is 28.0. The number of amides is 2. The Labute approximate surface area is 139 Å². The van der Waals surface area contributed by atoms with Crippen molar-refractivity contribution in [2.75, 3.05) is 0 Å². The Bertz CT molecular complexity index is 899. The SMILES string of the molecule is O=C(/C=C/c1cccc2cccnc12)NNC(=O)c1ccccc1. The molecule has 0 aliphatic carbocycles. The highest BCUT2D eigenvalue weighted by molar-refractivity contribution is 5.99. The third kappa shape index (κ3) is 3.64. The van der Waals surface area contributed by atoms with Gasteiger partial charge in [-0.2, -0.15) is 0 Å². The highest BCUT2D eigenvalue weighted by atomic mass is 16.2. The number of nitrogens with one attached hydrogen (secondary N) is 2. The van der Waals surface area contributed by atoms with Gasteiger partial charge in [-0.1, -0.05) is 42.5 Å². The van der Waals surface area contributed by atoms with Crippen LogP contribution in [-0.2, 0) is 4.79 Å². The number of rotatable bonds is 3. The van der Waals surface area contributed by atoms with Gasteiger partial charge in [0.1, 0.15) is 0 Å². The van der Waals surface area contributed by atoms with Crippen LogP contribution in [0.25, 0.3) is 17.0 Å². The smallest absolute Gasteiger partial charge is 0.268 e. The van der Waals surface area contributed by atoms with Crippen molar-refractivity contribution in [1.82, 2.24) is 15.8 Å². The van der Waals surface area contributed by atoms with Gasteiger partial charge in [-0.3, -0.25) is 25.4 Å². The highest BCUT2D eigenvalue weighted by Gasteiger charge is 2.05. The molecule has 3 rings (SSSR count). The molecule has 0 radical (unpaired) electrons. The van der Waals surface area contributed by atoms with Crippen molar-refractivity contribution in [1.29, 1.82) is 0 Å². The standard InChI is InChI=1S/C19H15N3O2/c23-17(21-22-19(24)16-6-2-1-3-7-16)12-11-15-9-4-8-14-10-5-13-20-18(14)15/h1-13H,(H,21,23)(H,22,24)/b12-11+. The average Bonchev–Trinajstić information content (AvgIpc) is 2.65. The fraction of sp³-hybridized carbons (Fsp3) is 0. The largest absolute Gasteiger partial charge is 0.269 e. The molecule has 2 N–H and O–H groups in total. The van der Waals surface area contributed by atoms with E-state index in [4.69, 9.17) is 0 Å². The van der Waals surface area contributed by atoms with Crippen LogP contribution in [0.3, 0.4) is 0 Å². The minimum Gasteiger partial charge on any atom is -0.268 e. The Morgan fingerprint density at radius 2 is 1.67 bits per heavy atom. The molecule has 0 aliphatic heterocycles. The molecule has 2 amide bonds. The van der Waals surface area contributed by atoms with Crippen LogP contribution < -0.4 is 10.9 Å². The van der Waals surface area contributed by atoms with E-state index in [1.165, 1.54) is 6.08 Å². The maximum Gasteiger partial charge on any atom is 0.269 e. The number of pyridine rings is 1. The lowest BCUT2D eigenvalue weighted by molar-refractivity contribution is -0.117. The predicted molar refractivity (Wildman–Crippen MR) is 92.8 cm³/mol. The molecular formula is C19H15N3O2. The van der Waals surface area contributed by atoms with E-state index < -0.39 is 5.91 Å². The van der Waals surface area contributed by atoms with Crippen LogP contribution >= 0.6 is 0 Å². The van der Waals surface area contributed by atoms with Crippen molar-refractivity contribution < 1.29 is 9.59 Å². The number of aromatic nitrogens is 1. The third-order valence-corrected chi connectivity index (χ3v) is 3.41. The summed E-state index contributed by atoms with van der Waals surface area (Å²) in [5, 5.41) is 0.998. The van der Waals surface area contributed by atoms with Crippen LogP contribution in [0.4, 0.5) is 0 Å². The molecule has 0 bridgehead atoms. The lowest BCUT2D eigenvalue weighted by Crippen LogP contribution is -2.40. The predicted octanol–water partition coefficient (Wildman–Crippen LogP) is 2.71. The van der Waals surface area contributed by atoms with Crippen LogP contribution in [0.2, 0.25) is 0 Å². The van der Waals surface area contributed by atoms with Gasteiger partial charge >= 0.3 is 0 Å². The molecule has 0 saturated heterocycles. The lowest BCUT2D eigenvalue weighted by Gasteiger charge is -2.05. The normalized spacial score (nSPS) is 10.7. The molecule has 0 atom stereocenters. The van der Waals surface area contributed by atoms with Gasteiger partial charge in [0.05, 0.1) is 5.52 Å². The molecule has 0 aliphatic rings. The Balaban J connectivity index is 1.64. The lowest BCUT2D eigenvalue weighted by atomic mass is 10.1. The number of fused-ring (bicyclic) bond motifs is 1. The second-order valence-corrected chi connectivity index (χ2v) is 5.07. The zero-order valence-electron chi connectivity index (χ0n) is 12.8. The van der Waals surface area contributed by atoms with Crippen LogP contribution in [0, 0.1) is 0 Å². The number of hydrogen-bond donors (Lipinski definition) is 2. The molecule has 2 aromatic carbocycles. The first-order valence-corrected chi connectivity index (χ1v) is 7.41. The van der Waals surface area contributed by atoms with Crippen molar-refractivity contribution in [3.05, 3.63) is 84.1 Å². The Morgan fingerprint density at radius 3 is 2.50 bits per heavy atom. The van der Waals surface area contributed by atoms with Crippen molar-refractivity contribution in [3.63, 3.8) is 0 Å². The van der Waals surface area contributed by atoms with Crippen molar-refractivity contribution in [3.8, 4) is 0 Å². The van der Waals surface area contributed by atoms with E-state index >= 15 is 0 Å². The second-order valence-electron chi connectivity index (χ2n) is 5.07. The van der Waals surface area contributed by atoms with Gasteiger partial charge < -0.3 is 0 Å². The molecule has 3 aromatic rings. The van der Waals surface area contributed by atoms with Crippen molar-refractivity contribution >= 4 is 28.8 Å². The Morgan fingerprint density at radius 1 is 0.875 bits per heavy atom. The summed E-state index contributed by atoms with van der Waals surface area (Å²) in [6.45, 7) is 0. The third-order valence-electron chi connectivity index (χ3n) is 3.41. The van der Waals surface area contributed by atoms with Gasteiger partial charge in [0, 0.05) is 28.8 Å². The molecule has 0 unspecified atom stereocenters. The summed E-state index contributed by atoms with van der Waals surface area (Å²) >= 11 is 0. The summed E-state index contributed by atoms with van der Waals surface area (Å²) in [5.74, 6) is -0.795. The molecule has 0 spiro atoms. The minimum absolute atomic E-state index is 0.371. The van der Waals surface area contributed by atoms with Crippen LogP contribution in [0.1, 0.15) is 15.9 Å². The van der Waals surface area contributed by atoms with Gasteiger partial charge in [-0.15, -0.1) is 0 Å². The number of hydrazine groups is 1. The van der Waals surface area contributed by atoms with E-state index in [0.717, 1.165) is 16.5 Å². The fourth-order valence-electron chi connectivity index (χ4n) is 2.25. The highest BCUT2D eigenvalue weighted by Crippen LogP contribution is 2.16. The molecule has 118 valence electrons. The number of hydrogen-bond acceptors (Lipinski definition) is 3. The van der Waals surface area contributed by atoms with Crippen molar-refractivity contribution in [2.45, 2.75) is 0 Å². The molecule has 1 aromatic heterocycles. The van der Waals surface area contributed by atoms with E-state index in [1.54, 1.807) is 36.5 Å². The van der Waals surface area contributed by atoms with Crippen molar-refractivity contribution in [2.24, 2.45) is 0 Å². The zero-order valence-corrected chi connectivity index (χ0v) is 12.8. The number of carbonyl (C=O) groups is 2. The van der Waals surface area contributed by atoms with E-state index in [0.29, 0.717) is 5.56 Å². The summed E-state index contributed by atoms with van der Waals surface area (Å²) in [6.07, 6.45) is 4.73. The summed E-state index contributed by atoms with van der Waals surface area (Å²) in [7, 11) is 0. The second kappa shape index (κ2) is 7.19. The van der Waals surface area contributed by atoms with Gasteiger partial charge in [-0.05, 0) is 24.3 Å². The summed E-state index contributed by atoms with van der Waals surface area (Å²) in [6, 6.07) is 18.2. The molecule has 5 nitrogen and oxygen atoms in total. The van der Waals surface area contributed by atoms with E-state index in [2.05, 4.69) is 15.8 Å². The molecule has 24 heavy (non-hydrogen) atoms. The van der Waals surface area contributed by atoms with E-state index in [1.807, 2.05) is 36.4 Å². The first-order chi connectivity index (χ1) is 11.7. The monoisotopic (exact) mass is 317 g/mol.